The number of methoxy groups -OCH3 is 4. The number of aromatic nitrogens is 3. The number of pyridine rings is 1. The SMILES string of the molecule is COc1ccc2c(c1)nc(S(=O)Cc1ncc(OC)c(OC)c1OC)n2S(=O)(=O)c1cccc(C(=O)O)c1. The first kappa shape index (κ1) is 26.9. The number of carboxylic acids is 1. The van der Waals surface area contributed by atoms with Gasteiger partial charge in [0.25, 0.3) is 10.0 Å². The molecular weight excluding hydrogens is 538 g/mol. The number of hydrogen-bond acceptors (Lipinski definition) is 10. The third-order valence-electron chi connectivity index (χ3n) is 5.54. The Morgan fingerprint density at radius 1 is 1.00 bits per heavy atom. The Hall–Kier alpha value is -4.17. The van der Waals surface area contributed by atoms with Crippen molar-refractivity contribution in [3.05, 3.63) is 59.9 Å². The molecule has 1 N–H and O–H groups in total. The molecule has 0 fully saturated rings. The molecule has 4 rings (SSSR count). The van der Waals surface area contributed by atoms with Crippen LogP contribution in [0.15, 0.2) is 58.7 Å². The van der Waals surface area contributed by atoms with Crippen molar-refractivity contribution in [1.29, 1.82) is 0 Å². The van der Waals surface area contributed by atoms with Gasteiger partial charge in [-0.3, -0.25) is 9.19 Å². The number of aromatic carboxylic acids is 1. The molecule has 14 heteroatoms. The first-order valence-corrected chi connectivity index (χ1v) is 13.6. The Morgan fingerprint density at radius 3 is 2.37 bits per heavy atom. The first-order valence-electron chi connectivity index (χ1n) is 10.8. The van der Waals surface area contributed by atoms with Crippen molar-refractivity contribution in [2.75, 3.05) is 28.4 Å². The third kappa shape index (κ3) is 4.75. The second kappa shape index (κ2) is 10.7. The maximum Gasteiger partial charge on any atom is 0.335 e. The molecule has 4 aromatic rings. The predicted molar refractivity (Wildman–Crippen MR) is 136 cm³/mol. The summed E-state index contributed by atoms with van der Waals surface area (Å²) >= 11 is 0. The normalized spacial score (nSPS) is 12.2. The number of rotatable bonds is 10. The van der Waals surface area contributed by atoms with Gasteiger partial charge in [-0.2, -0.15) is 0 Å². The highest BCUT2D eigenvalue weighted by atomic mass is 32.2. The zero-order chi connectivity index (χ0) is 27.6. The van der Waals surface area contributed by atoms with E-state index in [4.69, 9.17) is 18.9 Å². The van der Waals surface area contributed by atoms with Crippen LogP contribution >= 0.6 is 0 Å². The Balaban J connectivity index is 1.90. The lowest BCUT2D eigenvalue weighted by Crippen LogP contribution is -2.18. The Labute approximate surface area is 220 Å². The van der Waals surface area contributed by atoms with Crippen molar-refractivity contribution in [2.24, 2.45) is 0 Å². The molecule has 0 saturated heterocycles. The molecule has 0 radical (unpaired) electrons. The van der Waals surface area contributed by atoms with Gasteiger partial charge in [-0.25, -0.2) is 22.2 Å². The Bertz CT molecular complexity index is 1670. The van der Waals surface area contributed by atoms with E-state index in [2.05, 4.69) is 9.97 Å². The van der Waals surface area contributed by atoms with Crippen molar-refractivity contribution in [1.82, 2.24) is 13.9 Å². The third-order valence-corrected chi connectivity index (χ3v) is 8.57. The zero-order valence-electron chi connectivity index (χ0n) is 20.7. The molecule has 0 aliphatic rings. The van der Waals surface area contributed by atoms with Gasteiger partial charge < -0.3 is 24.1 Å². The summed E-state index contributed by atoms with van der Waals surface area (Å²) in [6, 6.07) is 9.37. The molecule has 0 aliphatic carbocycles. The summed E-state index contributed by atoms with van der Waals surface area (Å²) in [6.45, 7) is 0. The molecule has 0 bridgehead atoms. The maximum atomic E-state index is 13.8. The lowest BCUT2D eigenvalue weighted by molar-refractivity contribution is 0.0696. The highest BCUT2D eigenvalue weighted by Gasteiger charge is 2.30. The monoisotopic (exact) mass is 561 g/mol. The number of benzene rings is 2. The molecule has 0 spiro atoms. The van der Waals surface area contributed by atoms with E-state index in [9.17, 15) is 22.5 Å². The minimum Gasteiger partial charge on any atom is -0.497 e. The average molecular weight is 562 g/mol. The standard InChI is InChI=1S/C24H23N3O9S2/c1-33-15-8-9-19-17(11-15)26-24(27(19)38(31,32)16-7-5-6-14(10-16)23(28)29)37(30)13-18-21(35-3)22(36-4)20(34-2)12-25-18/h5-12H,13H2,1-4H3,(H,28,29). The summed E-state index contributed by atoms with van der Waals surface area (Å²) in [5.74, 6) is -0.478. The number of ether oxygens (including phenoxy) is 4. The minimum absolute atomic E-state index is 0.127. The van der Waals surface area contributed by atoms with Crippen molar-refractivity contribution in [2.45, 2.75) is 15.8 Å². The van der Waals surface area contributed by atoms with Crippen LogP contribution in [0.1, 0.15) is 16.1 Å². The molecule has 38 heavy (non-hydrogen) atoms. The van der Waals surface area contributed by atoms with Crippen LogP contribution in [0.4, 0.5) is 0 Å². The molecule has 2 aromatic heterocycles. The zero-order valence-corrected chi connectivity index (χ0v) is 22.3. The summed E-state index contributed by atoms with van der Waals surface area (Å²) in [4.78, 5) is 19.8. The Kier molecular flexibility index (Phi) is 7.55. The van der Waals surface area contributed by atoms with Gasteiger partial charge in [-0.05, 0) is 30.3 Å². The fourth-order valence-corrected chi connectivity index (χ4v) is 6.76. The highest BCUT2D eigenvalue weighted by molar-refractivity contribution is 7.91. The summed E-state index contributed by atoms with van der Waals surface area (Å²) in [7, 11) is -0.857. The second-order valence-corrected chi connectivity index (χ2v) is 10.8. The summed E-state index contributed by atoms with van der Waals surface area (Å²) in [5.41, 5.74) is 0.323. The lowest BCUT2D eigenvalue weighted by atomic mass is 10.2. The van der Waals surface area contributed by atoms with Gasteiger partial charge in [-0.1, -0.05) is 6.07 Å². The van der Waals surface area contributed by atoms with Crippen LogP contribution in [0.25, 0.3) is 11.0 Å². The fourth-order valence-electron chi connectivity index (χ4n) is 3.75. The van der Waals surface area contributed by atoms with Gasteiger partial charge in [0.05, 0.1) is 78.4 Å². The van der Waals surface area contributed by atoms with Crippen molar-refractivity contribution in [3.63, 3.8) is 0 Å². The van der Waals surface area contributed by atoms with E-state index in [0.29, 0.717) is 11.5 Å². The van der Waals surface area contributed by atoms with Crippen molar-refractivity contribution in [3.8, 4) is 23.0 Å². The second-order valence-electron chi connectivity index (χ2n) is 7.68. The van der Waals surface area contributed by atoms with Crippen LogP contribution in [0.5, 0.6) is 23.0 Å². The molecule has 0 aliphatic heterocycles. The molecular formula is C24H23N3O9S2. The van der Waals surface area contributed by atoms with Gasteiger partial charge in [-0.15, -0.1) is 0 Å². The predicted octanol–water partition coefficient (Wildman–Crippen LogP) is 2.71. The summed E-state index contributed by atoms with van der Waals surface area (Å²) in [6.07, 6.45) is 1.37. The molecule has 2 aromatic carbocycles. The number of nitrogens with zero attached hydrogens (tertiary/aromatic N) is 3. The maximum absolute atomic E-state index is 13.8. The average Bonchev–Trinajstić information content (AvgIpc) is 3.32. The topological polar surface area (TPSA) is 156 Å². The van der Waals surface area contributed by atoms with E-state index in [1.54, 1.807) is 0 Å². The van der Waals surface area contributed by atoms with Gasteiger partial charge in [0.1, 0.15) is 5.75 Å². The van der Waals surface area contributed by atoms with Crippen LogP contribution in [-0.2, 0) is 26.6 Å². The van der Waals surface area contributed by atoms with E-state index in [0.717, 1.165) is 10.0 Å². The minimum atomic E-state index is -4.44. The quantitative estimate of drug-likeness (QED) is 0.304. The van der Waals surface area contributed by atoms with Gasteiger partial charge >= 0.3 is 5.97 Å². The van der Waals surface area contributed by atoms with Crippen LogP contribution < -0.4 is 18.9 Å². The largest absolute Gasteiger partial charge is 0.497 e. The van der Waals surface area contributed by atoms with E-state index in [-0.39, 0.29) is 49.6 Å². The van der Waals surface area contributed by atoms with Gasteiger partial charge in [0, 0.05) is 6.07 Å². The number of fused-ring (bicyclic) bond motifs is 1. The van der Waals surface area contributed by atoms with E-state index in [1.807, 2.05) is 0 Å². The summed E-state index contributed by atoms with van der Waals surface area (Å²) < 4.78 is 63.4. The fraction of sp³-hybridized carbons (Fsp3) is 0.208. The van der Waals surface area contributed by atoms with Gasteiger partial charge in [0.15, 0.2) is 11.5 Å². The molecule has 200 valence electrons. The molecule has 0 amide bonds. The highest BCUT2D eigenvalue weighted by Crippen LogP contribution is 2.39. The van der Waals surface area contributed by atoms with Crippen molar-refractivity contribution < 1.29 is 41.5 Å². The molecule has 0 saturated carbocycles. The number of carboxylic acid groups (broad SMARTS) is 1. The molecule has 12 nitrogen and oxygen atoms in total. The van der Waals surface area contributed by atoms with Crippen molar-refractivity contribution >= 4 is 37.8 Å². The Morgan fingerprint density at radius 2 is 1.74 bits per heavy atom. The smallest absolute Gasteiger partial charge is 0.335 e. The van der Waals surface area contributed by atoms with E-state index in [1.165, 1.54) is 71.0 Å². The summed E-state index contributed by atoms with van der Waals surface area (Å²) in [5, 5.41) is 9.06. The molecule has 1 atom stereocenters. The number of hydrogen-bond donors (Lipinski definition) is 1. The molecule has 2 heterocycles. The first-order chi connectivity index (χ1) is 18.2. The van der Waals surface area contributed by atoms with Crippen LogP contribution in [0.3, 0.4) is 0 Å². The molecule has 1 unspecified atom stereocenters. The van der Waals surface area contributed by atoms with Crippen LogP contribution in [-0.4, -0.2) is 66.1 Å². The number of carbonyl (C=O) groups is 1. The van der Waals surface area contributed by atoms with E-state index < -0.39 is 26.8 Å². The van der Waals surface area contributed by atoms with Gasteiger partial charge in [0.2, 0.25) is 10.9 Å². The van der Waals surface area contributed by atoms with Crippen LogP contribution in [0.2, 0.25) is 0 Å². The van der Waals surface area contributed by atoms with E-state index >= 15 is 0 Å². The van der Waals surface area contributed by atoms with Crippen LogP contribution in [0, 0.1) is 0 Å². The lowest BCUT2D eigenvalue weighted by Gasteiger charge is -2.15. The number of imidazole rings is 1.